The number of aliphatic hydroxyl groups excluding tert-OH is 1. The predicted molar refractivity (Wildman–Crippen MR) is 44.8 cm³/mol. The van der Waals surface area contributed by atoms with Crippen LogP contribution in [0.25, 0.3) is 0 Å². The molecular weight excluding hydrogens is 180 g/mol. The molecule has 0 aromatic carbocycles. The first-order valence-corrected chi connectivity index (χ1v) is 5.31. The molecule has 5 nitrogen and oxygen atoms in total. The molecule has 1 fully saturated rings. The molecule has 1 heterocycles. The van der Waals surface area contributed by atoms with E-state index in [4.69, 9.17) is 5.11 Å². The fourth-order valence-electron chi connectivity index (χ4n) is 1.24. The first-order chi connectivity index (χ1) is 5.59. The summed E-state index contributed by atoms with van der Waals surface area (Å²) in [5, 5.41) is 8.61. The minimum atomic E-state index is -3.26. The third-order valence-corrected chi connectivity index (χ3v) is 3.94. The van der Waals surface area contributed by atoms with Crippen molar-refractivity contribution in [2.45, 2.75) is 6.42 Å². The minimum Gasteiger partial charge on any atom is -0.395 e. The van der Waals surface area contributed by atoms with Crippen LogP contribution in [0.4, 0.5) is 0 Å². The molecule has 0 bridgehead atoms. The Hall–Kier alpha value is -0.170. The van der Waals surface area contributed by atoms with E-state index in [1.54, 1.807) is 7.05 Å². The zero-order valence-corrected chi connectivity index (χ0v) is 7.92. The van der Waals surface area contributed by atoms with Crippen LogP contribution in [-0.4, -0.2) is 55.4 Å². The van der Waals surface area contributed by atoms with Gasteiger partial charge in [-0.05, 0) is 6.42 Å². The summed E-state index contributed by atoms with van der Waals surface area (Å²) in [5.41, 5.74) is 0. The van der Waals surface area contributed by atoms with Crippen LogP contribution in [0.2, 0.25) is 0 Å². The van der Waals surface area contributed by atoms with Crippen molar-refractivity contribution in [3.63, 3.8) is 0 Å². The summed E-state index contributed by atoms with van der Waals surface area (Å²) >= 11 is 0. The SMILES string of the molecule is CN1CCCN(CCO)S1(=O)=O. The summed E-state index contributed by atoms with van der Waals surface area (Å²) < 4.78 is 25.5. The van der Waals surface area contributed by atoms with Crippen LogP contribution in [0.15, 0.2) is 0 Å². The molecule has 1 saturated heterocycles. The van der Waals surface area contributed by atoms with Crippen LogP contribution in [0.3, 0.4) is 0 Å². The molecule has 0 amide bonds. The second-order valence-corrected chi connectivity index (χ2v) is 4.84. The number of β-amino-alcohol motifs (C(OH)–C–C–N with tert-alkyl or cyclic N) is 1. The van der Waals surface area contributed by atoms with Crippen molar-refractivity contribution in [1.82, 2.24) is 8.61 Å². The monoisotopic (exact) mass is 194 g/mol. The van der Waals surface area contributed by atoms with Gasteiger partial charge < -0.3 is 5.11 Å². The van der Waals surface area contributed by atoms with Crippen LogP contribution in [0.1, 0.15) is 6.42 Å². The molecule has 72 valence electrons. The smallest absolute Gasteiger partial charge is 0.281 e. The summed E-state index contributed by atoms with van der Waals surface area (Å²) in [6.07, 6.45) is 0.829. The van der Waals surface area contributed by atoms with E-state index in [0.717, 1.165) is 6.42 Å². The van der Waals surface area contributed by atoms with E-state index in [1.165, 1.54) is 8.61 Å². The molecule has 0 saturated carbocycles. The molecule has 1 aliphatic rings. The zero-order chi connectivity index (χ0) is 9.19. The van der Waals surface area contributed by atoms with E-state index in [-0.39, 0.29) is 13.2 Å². The van der Waals surface area contributed by atoms with E-state index in [0.29, 0.717) is 13.1 Å². The summed E-state index contributed by atoms with van der Waals surface area (Å²) in [6, 6.07) is 0. The second kappa shape index (κ2) is 3.69. The number of rotatable bonds is 2. The number of hydrogen-bond acceptors (Lipinski definition) is 3. The van der Waals surface area contributed by atoms with Gasteiger partial charge in [0.1, 0.15) is 0 Å². The van der Waals surface area contributed by atoms with Gasteiger partial charge in [-0.2, -0.15) is 17.0 Å². The van der Waals surface area contributed by atoms with Crippen molar-refractivity contribution < 1.29 is 13.5 Å². The van der Waals surface area contributed by atoms with Gasteiger partial charge in [-0.15, -0.1) is 0 Å². The van der Waals surface area contributed by atoms with Gasteiger partial charge in [0.05, 0.1) is 6.61 Å². The molecule has 0 aromatic heterocycles. The highest BCUT2D eigenvalue weighted by atomic mass is 32.2. The largest absolute Gasteiger partial charge is 0.395 e. The highest BCUT2D eigenvalue weighted by Gasteiger charge is 2.29. The van der Waals surface area contributed by atoms with Gasteiger partial charge in [-0.1, -0.05) is 0 Å². The molecule has 0 aliphatic carbocycles. The second-order valence-electron chi connectivity index (χ2n) is 2.81. The Morgan fingerprint density at radius 3 is 2.67 bits per heavy atom. The van der Waals surface area contributed by atoms with Gasteiger partial charge in [0.15, 0.2) is 0 Å². The Labute approximate surface area is 72.8 Å². The lowest BCUT2D eigenvalue weighted by Crippen LogP contribution is -2.48. The normalized spacial score (nSPS) is 25.8. The maximum absolute atomic E-state index is 11.4. The van der Waals surface area contributed by atoms with Crippen LogP contribution in [0.5, 0.6) is 0 Å². The lowest BCUT2D eigenvalue weighted by Gasteiger charge is -2.31. The molecule has 1 N–H and O–H groups in total. The van der Waals surface area contributed by atoms with Crippen molar-refractivity contribution in [3.05, 3.63) is 0 Å². The summed E-state index contributed by atoms with van der Waals surface area (Å²) in [6.45, 7) is 1.18. The van der Waals surface area contributed by atoms with Crippen molar-refractivity contribution >= 4 is 10.2 Å². The molecule has 6 heteroatoms. The van der Waals surface area contributed by atoms with Crippen LogP contribution in [0, 0.1) is 0 Å². The zero-order valence-electron chi connectivity index (χ0n) is 7.10. The van der Waals surface area contributed by atoms with Gasteiger partial charge in [-0.3, -0.25) is 0 Å². The molecule has 0 atom stereocenters. The van der Waals surface area contributed by atoms with Crippen LogP contribution in [-0.2, 0) is 10.2 Å². The third kappa shape index (κ3) is 1.77. The molecule has 0 spiro atoms. The molecule has 12 heavy (non-hydrogen) atoms. The van der Waals surface area contributed by atoms with Crippen molar-refractivity contribution in [2.24, 2.45) is 0 Å². The van der Waals surface area contributed by atoms with Crippen molar-refractivity contribution in [3.8, 4) is 0 Å². The summed E-state index contributed by atoms with van der Waals surface area (Å²) in [7, 11) is -1.70. The first-order valence-electron chi connectivity index (χ1n) is 3.91. The van der Waals surface area contributed by atoms with Gasteiger partial charge >= 0.3 is 0 Å². The topological polar surface area (TPSA) is 60.9 Å². The Morgan fingerprint density at radius 1 is 1.42 bits per heavy atom. The predicted octanol–water partition coefficient (Wildman–Crippen LogP) is -1.14. The molecule has 0 unspecified atom stereocenters. The Bertz CT molecular complexity index is 237. The quantitative estimate of drug-likeness (QED) is 0.604. The molecular formula is C6H14N2O3S. The molecule has 0 radical (unpaired) electrons. The Balaban J connectivity index is 2.73. The Morgan fingerprint density at radius 2 is 2.08 bits per heavy atom. The van der Waals surface area contributed by atoms with Crippen molar-refractivity contribution in [2.75, 3.05) is 33.3 Å². The maximum Gasteiger partial charge on any atom is 0.281 e. The summed E-state index contributed by atoms with van der Waals surface area (Å²) in [4.78, 5) is 0. The van der Waals surface area contributed by atoms with Gasteiger partial charge in [0, 0.05) is 26.7 Å². The van der Waals surface area contributed by atoms with Gasteiger partial charge in [0.25, 0.3) is 10.2 Å². The maximum atomic E-state index is 11.4. The van der Waals surface area contributed by atoms with Crippen molar-refractivity contribution in [1.29, 1.82) is 0 Å². The van der Waals surface area contributed by atoms with E-state index in [9.17, 15) is 8.42 Å². The fraction of sp³-hybridized carbons (Fsp3) is 1.00. The highest BCUT2D eigenvalue weighted by molar-refractivity contribution is 7.86. The molecule has 1 aliphatic heterocycles. The van der Waals surface area contributed by atoms with E-state index in [2.05, 4.69) is 0 Å². The number of aliphatic hydroxyl groups is 1. The van der Waals surface area contributed by atoms with E-state index in [1.807, 2.05) is 0 Å². The standard InChI is InChI=1S/C6H14N2O3S/c1-7-3-2-4-8(5-6-9)12(7,10)11/h9H,2-6H2,1H3. The van der Waals surface area contributed by atoms with E-state index >= 15 is 0 Å². The van der Waals surface area contributed by atoms with Crippen LogP contribution >= 0.6 is 0 Å². The summed E-state index contributed by atoms with van der Waals surface area (Å²) in [5.74, 6) is 0. The average molecular weight is 194 g/mol. The lowest BCUT2D eigenvalue weighted by atomic mass is 10.4. The lowest BCUT2D eigenvalue weighted by molar-refractivity contribution is 0.231. The number of hydrogen-bond donors (Lipinski definition) is 1. The molecule has 1 rings (SSSR count). The first kappa shape index (κ1) is 9.91. The van der Waals surface area contributed by atoms with Gasteiger partial charge in [0.2, 0.25) is 0 Å². The third-order valence-electron chi connectivity index (χ3n) is 1.95. The fourth-order valence-corrected chi connectivity index (χ4v) is 2.66. The van der Waals surface area contributed by atoms with Crippen LogP contribution < -0.4 is 0 Å². The van der Waals surface area contributed by atoms with Gasteiger partial charge in [-0.25, -0.2) is 0 Å². The highest BCUT2D eigenvalue weighted by Crippen LogP contribution is 2.12. The minimum absolute atomic E-state index is 0.118. The average Bonchev–Trinajstić information content (AvgIpc) is 2.00. The van der Waals surface area contributed by atoms with E-state index < -0.39 is 10.2 Å². The Kier molecular flexibility index (Phi) is 3.05. The molecule has 0 aromatic rings. The number of nitrogens with zero attached hydrogens (tertiary/aromatic N) is 2.